The molecule has 1 aliphatic rings. The van der Waals surface area contributed by atoms with Crippen LogP contribution in [0.2, 0.25) is 0 Å². The molecule has 0 N–H and O–H groups in total. The molecule has 1 heterocycles. The average Bonchev–Trinajstić information content (AvgIpc) is 3.05. The van der Waals surface area contributed by atoms with Gasteiger partial charge in [-0.1, -0.05) is 18.2 Å². The molecule has 0 bridgehead atoms. The zero-order chi connectivity index (χ0) is 16.7. The first-order chi connectivity index (χ1) is 11.1. The van der Waals surface area contributed by atoms with E-state index in [9.17, 15) is 13.2 Å². The van der Waals surface area contributed by atoms with Crippen LogP contribution in [0, 0.1) is 0 Å². The molecular formula is C17H21NO4S. The van der Waals surface area contributed by atoms with Gasteiger partial charge in [0.05, 0.1) is 11.5 Å². The van der Waals surface area contributed by atoms with Crippen LogP contribution in [-0.4, -0.2) is 39.0 Å². The lowest BCUT2D eigenvalue weighted by atomic mass is 10.4. The van der Waals surface area contributed by atoms with Gasteiger partial charge >= 0.3 is 5.97 Å². The van der Waals surface area contributed by atoms with Crippen LogP contribution in [0.4, 0.5) is 0 Å². The van der Waals surface area contributed by atoms with Crippen LogP contribution in [0.3, 0.4) is 0 Å². The molecule has 1 aliphatic heterocycles. The Bertz CT molecular complexity index is 687. The van der Waals surface area contributed by atoms with E-state index in [4.69, 9.17) is 4.74 Å². The number of allylic oxidation sites excluding steroid dienone is 2. The van der Waals surface area contributed by atoms with E-state index >= 15 is 0 Å². The van der Waals surface area contributed by atoms with E-state index in [0.717, 1.165) is 25.9 Å². The molecule has 0 aromatic heterocycles. The molecule has 0 atom stereocenters. The van der Waals surface area contributed by atoms with Gasteiger partial charge in [0, 0.05) is 13.1 Å². The zero-order valence-corrected chi connectivity index (χ0v) is 14.0. The lowest BCUT2D eigenvalue weighted by Crippen LogP contribution is -2.17. The molecule has 1 aromatic rings. The summed E-state index contributed by atoms with van der Waals surface area (Å²) in [5, 5.41) is 0. The molecule has 2 rings (SSSR count). The highest BCUT2D eigenvalue weighted by molar-refractivity contribution is 7.96. The number of carbonyl (C=O) groups excluding carboxylic acids is 1. The van der Waals surface area contributed by atoms with Crippen molar-refractivity contribution in [1.29, 1.82) is 0 Å². The summed E-state index contributed by atoms with van der Waals surface area (Å²) in [6.45, 7) is 3.66. The van der Waals surface area contributed by atoms with Crippen molar-refractivity contribution in [2.75, 3.05) is 19.7 Å². The van der Waals surface area contributed by atoms with E-state index in [0.29, 0.717) is 0 Å². The number of ether oxygens (including phenoxy) is 1. The van der Waals surface area contributed by atoms with Gasteiger partial charge in [-0.05, 0) is 50.3 Å². The molecule has 124 valence electrons. The molecule has 6 heteroatoms. The van der Waals surface area contributed by atoms with E-state index in [2.05, 4.69) is 4.90 Å². The Balaban J connectivity index is 2.31. The third-order valence-electron chi connectivity index (χ3n) is 3.50. The number of sulfone groups is 1. The van der Waals surface area contributed by atoms with Crippen molar-refractivity contribution < 1.29 is 17.9 Å². The maximum absolute atomic E-state index is 12.7. The highest BCUT2D eigenvalue weighted by Gasteiger charge is 2.27. The standard InChI is InChI=1S/C17H21NO4S/c1-2-22-17(19)16(11-8-14-18-12-6-7-13-18)23(20,21)15-9-4-3-5-10-15/h3-5,8-11,14H,2,6-7,12-13H2,1H3/b14-8+,16-11+. The van der Waals surface area contributed by atoms with Gasteiger partial charge in [0.2, 0.25) is 9.84 Å². The summed E-state index contributed by atoms with van der Waals surface area (Å²) in [6, 6.07) is 7.89. The second kappa shape index (κ2) is 7.97. The van der Waals surface area contributed by atoms with Crippen LogP contribution in [0.1, 0.15) is 19.8 Å². The number of benzene rings is 1. The number of hydrogen-bond acceptors (Lipinski definition) is 5. The van der Waals surface area contributed by atoms with Crippen molar-refractivity contribution in [2.24, 2.45) is 0 Å². The van der Waals surface area contributed by atoms with E-state index in [1.165, 1.54) is 18.2 Å². The van der Waals surface area contributed by atoms with Gasteiger partial charge < -0.3 is 9.64 Å². The summed E-state index contributed by atoms with van der Waals surface area (Å²) < 4.78 is 30.2. The normalized spacial score (nSPS) is 16.0. The average molecular weight is 335 g/mol. The van der Waals surface area contributed by atoms with Crippen LogP contribution in [0.15, 0.2) is 58.5 Å². The Morgan fingerprint density at radius 2 is 1.87 bits per heavy atom. The fourth-order valence-corrected chi connectivity index (χ4v) is 3.64. The van der Waals surface area contributed by atoms with E-state index in [-0.39, 0.29) is 16.4 Å². The first-order valence-corrected chi connectivity index (χ1v) is 9.14. The van der Waals surface area contributed by atoms with Crippen molar-refractivity contribution in [3.8, 4) is 0 Å². The SMILES string of the molecule is CCOC(=O)/C(=C\C=C\N1CCCC1)S(=O)(=O)c1ccccc1. The number of esters is 1. The largest absolute Gasteiger partial charge is 0.462 e. The summed E-state index contributed by atoms with van der Waals surface area (Å²) in [4.78, 5) is 13.9. The fourth-order valence-electron chi connectivity index (χ4n) is 2.34. The second-order valence-corrected chi connectivity index (χ2v) is 7.07. The van der Waals surface area contributed by atoms with Crippen molar-refractivity contribution in [3.63, 3.8) is 0 Å². The van der Waals surface area contributed by atoms with Gasteiger partial charge in [-0.2, -0.15) is 0 Å². The molecule has 1 aromatic carbocycles. The number of hydrogen-bond donors (Lipinski definition) is 0. The summed E-state index contributed by atoms with van der Waals surface area (Å²) in [5.74, 6) is -0.831. The molecule has 0 aliphatic carbocycles. The lowest BCUT2D eigenvalue weighted by Gasteiger charge is -2.10. The van der Waals surface area contributed by atoms with Crippen molar-refractivity contribution in [1.82, 2.24) is 4.90 Å². The molecule has 5 nitrogen and oxygen atoms in total. The van der Waals surface area contributed by atoms with Gasteiger partial charge in [-0.15, -0.1) is 0 Å². The molecule has 23 heavy (non-hydrogen) atoms. The third-order valence-corrected chi connectivity index (χ3v) is 5.28. The Kier molecular flexibility index (Phi) is 5.98. The minimum atomic E-state index is -3.90. The lowest BCUT2D eigenvalue weighted by molar-refractivity contribution is -0.137. The molecule has 0 unspecified atom stereocenters. The van der Waals surface area contributed by atoms with Crippen LogP contribution >= 0.6 is 0 Å². The zero-order valence-electron chi connectivity index (χ0n) is 13.1. The molecular weight excluding hydrogens is 314 g/mol. The third kappa shape index (κ3) is 4.45. The number of rotatable bonds is 6. The maximum Gasteiger partial charge on any atom is 0.350 e. The quantitative estimate of drug-likeness (QED) is 0.454. The number of nitrogens with zero attached hydrogens (tertiary/aromatic N) is 1. The van der Waals surface area contributed by atoms with Gasteiger partial charge in [0.25, 0.3) is 0 Å². The highest BCUT2D eigenvalue weighted by Crippen LogP contribution is 2.20. The Morgan fingerprint density at radius 3 is 2.48 bits per heavy atom. The first kappa shape index (κ1) is 17.3. The molecule has 0 radical (unpaired) electrons. The fraction of sp³-hybridized carbons (Fsp3) is 0.353. The topological polar surface area (TPSA) is 63.7 Å². The van der Waals surface area contributed by atoms with Crippen molar-refractivity contribution >= 4 is 15.8 Å². The minimum Gasteiger partial charge on any atom is -0.462 e. The first-order valence-electron chi connectivity index (χ1n) is 7.65. The van der Waals surface area contributed by atoms with Crippen LogP contribution in [0.25, 0.3) is 0 Å². The van der Waals surface area contributed by atoms with Crippen LogP contribution < -0.4 is 0 Å². The smallest absolute Gasteiger partial charge is 0.350 e. The summed E-state index contributed by atoms with van der Waals surface area (Å²) in [5.41, 5.74) is 0. The molecule has 0 saturated carbocycles. The minimum absolute atomic E-state index is 0.0777. The summed E-state index contributed by atoms with van der Waals surface area (Å²) in [6.07, 6.45) is 6.98. The van der Waals surface area contributed by atoms with Gasteiger partial charge in [-0.25, -0.2) is 13.2 Å². The monoisotopic (exact) mass is 335 g/mol. The van der Waals surface area contributed by atoms with E-state index < -0.39 is 15.8 Å². The Hall–Kier alpha value is -2.08. The number of likely N-dealkylation sites (tertiary alicyclic amines) is 1. The van der Waals surface area contributed by atoms with Crippen molar-refractivity contribution in [3.05, 3.63) is 53.6 Å². The second-order valence-electron chi connectivity index (χ2n) is 5.15. The number of carbonyl (C=O) groups is 1. The van der Waals surface area contributed by atoms with Gasteiger partial charge in [-0.3, -0.25) is 0 Å². The Morgan fingerprint density at radius 1 is 1.22 bits per heavy atom. The summed E-state index contributed by atoms with van der Waals surface area (Å²) >= 11 is 0. The predicted octanol–water partition coefficient (Wildman–Crippen LogP) is 2.52. The van der Waals surface area contributed by atoms with E-state index in [1.807, 2.05) is 6.20 Å². The van der Waals surface area contributed by atoms with Crippen LogP contribution in [0.5, 0.6) is 0 Å². The molecule has 0 spiro atoms. The van der Waals surface area contributed by atoms with Crippen LogP contribution in [-0.2, 0) is 19.4 Å². The molecule has 0 amide bonds. The molecule has 1 fully saturated rings. The highest BCUT2D eigenvalue weighted by atomic mass is 32.2. The van der Waals surface area contributed by atoms with Crippen molar-refractivity contribution in [2.45, 2.75) is 24.7 Å². The van der Waals surface area contributed by atoms with Gasteiger partial charge in [0.15, 0.2) is 4.91 Å². The van der Waals surface area contributed by atoms with Gasteiger partial charge in [0.1, 0.15) is 0 Å². The summed E-state index contributed by atoms with van der Waals surface area (Å²) in [7, 11) is -3.90. The predicted molar refractivity (Wildman–Crippen MR) is 88.3 cm³/mol. The molecule has 1 saturated heterocycles. The van der Waals surface area contributed by atoms with E-state index in [1.54, 1.807) is 31.2 Å². The maximum atomic E-state index is 12.7. The Labute approximate surface area is 137 Å².